The second-order valence-corrected chi connectivity index (χ2v) is 18.2. The lowest BCUT2D eigenvalue weighted by Crippen LogP contribution is -2.54. The number of anilines is 3. The summed E-state index contributed by atoms with van der Waals surface area (Å²) in [5, 5.41) is 9.07. The van der Waals surface area contributed by atoms with Gasteiger partial charge in [0.05, 0.1) is 33.2 Å². The number of hydrogen-bond donors (Lipinski definition) is 3. The smallest absolute Gasteiger partial charge is 0.266 e. The van der Waals surface area contributed by atoms with Crippen LogP contribution in [-0.2, 0) is 24.2 Å². The minimum atomic E-state index is -3.54. The van der Waals surface area contributed by atoms with Gasteiger partial charge in [-0.05, 0) is 83.3 Å². The van der Waals surface area contributed by atoms with Gasteiger partial charge in [0.25, 0.3) is 23.6 Å². The number of para-hydroxylation sites is 1. The van der Waals surface area contributed by atoms with Crippen LogP contribution in [0.25, 0.3) is 0 Å². The number of amides is 5. The quantitative estimate of drug-likeness (QED) is 0.116. The highest BCUT2D eigenvalue weighted by Crippen LogP contribution is 2.35. The number of nitrogens with zero attached hydrogens (tertiary/aromatic N) is 5. The van der Waals surface area contributed by atoms with E-state index in [2.05, 4.69) is 30.8 Å². The van der Waals surface area contributed by atoms with E-state index in [0.717, 1.165) is 74.4 Å². The average Bonchev–Trinajstić information content (AvgIpc) is 3.47. The lowest BCUT2D eigenvalue weighted by atomic mass is 10.0. The summed E-state index contributed by atoms with van der Waals surface area (Å²) in [6, 6.07) is 10.3. The van der Waals surface area contributed by atoms with E-state index in [1.807, 2.05) is 0 Å². The summed E-state index contributed by atoms with van der Waals surface area (Å²) in [6.45, 7) is 6.23. The first-order valence-electron chi connectivity index (χ1n) is 20.1. The zero-order valence-electron chi connectivity index (χ0n) is 33.5. The van der Waals surface area contributed by atoms with E-state index < -0.39 is 38.9 Å². The highest BCUT2D eigenvalue weighted by atomic mass is 35.5. The van der Waals surface area contributed by atoms with Crippen LogP contribution in [-0.4, -0.2) is 120 Å². The number of carbonyl (C=O) groups is 5. The summed E-state index contributed by atoms with van der Waals surface area (Å²) in [7, 11) is -2.21. The number of carbonyl (C=O) groups excluding carboxylic acids is 5. The molecule has 6 rings (SSSR count). The predicted molar refractivity (Wildman–Crippen MR) is 222 cm³/mol. The molecule has 4 heterocycles. The predicted octanol–water partition coefficient (Wildman–Crippen LogP) is 4.82. The van der Waals surface area contributed by atoms with Gasteiger partial charge >= 0.3 is 0 Å². The summed E-state index contributed by atoms with van der Waals surface area (Å²) in [5.41, 5.74) is 0.500. The monoisotopic (exact) mass is 850 g/mol. The standard InChI is InChI=1S/C41H51ClN8O8S/c1-26(2)59(56,57)33-17-8-7-15-30(33)46-37-29(42)23-44-41(47-37)45-27-13-12-22-49(24-27)21-10-6-4-5-9-20-43-34(51)25-58-32-16-11-14-28-36(32)40(55)50(38(28)53)31-18-19-35(52)48(3)39(31)54/h7-8,11,14-17,23,26-27,31H,4-6,9-10,12-13,18-22,24-25H2,1-3H3,(H,43,51)(H2,44,45,46,47)/t27-,31?/m1/s1. The molecule has 316 valence electrons. The number of nitrogens with one attached hydrogen (secondary N) is 3. The second kappa shape index (κ2) is 19.3. The van der Waals surface area contributed by atoms with Crippen LogP contribution in [0.15, 0.2) is 53.6 Å². The normalized spacial score (nSPS) is 18.7. The van der Waals surface area contributed by atoms with E-state index in [0.29, 0.717) is 24.0 Å². The number of likely N-dealkylation sites (tertiary alicyclic amines) is 2. The molecular formula is C41H51ClN8O8S. The Bertz CT molecular complexity index is 2190. The highest BCUT2D eigenvalue weighted by molar-refractivity contribution is 7.92. The van der Waals surface area contributed by atoms with Crippen molar-refractivity contribution in [1.82, 2.24) is 30.0 Å². The first-order valence-corrected chi connectivity index (χ1v) is 22.0. The summed E-state index contributed by atoms with van der Waals surface area (Å²) in [5.74, 6) is -1.83. The summed E-state index contributed by atoms with van der Waals surface area (Å²) in [6.07, 6.45) is 8.46. The number of aromatic nitrogens is 2. The highest BCUT2D eigenvalue weighted by Gasteiger charge is 2.47. The van der Waals surface area contributed by atoms with Crippen molar-refractivity contribution in [2.45, 2.75) is 93.9 Å². The molecule has 1 unspecified atom stereocenters. The Balaban J connectivity index is 0.875. The van der Waals surface area contributed by atoms with E-state index in [9.17, 15) is 32.4 Å². The molecule has 3 aromatic rings. The molecule has 2 fully saturated rings. The largest absolute Gasteiger partial charge is 0.483 e. The molecule has 3 aliphatic heterocycles. The topological polar surface area (TPSA) is 200 Å². The summed E-state index contributed by atoms with van der Waals surface area (Å²) < 4.78 is 31.6. The first-order chi connectivity index (χ1) is 28.3. The fraction of sp³-hybridized carbons (Fsp3) is 0.488. The lowest BCUT2D eigenvalue weighted by Gasteiger charge is -2.33. The Hall–Kier alpha value is -5.13. The van der Waals surface area contributed by atoms with Crippen LogP contribution in [0.5, 0.6) is 5.75 Å². The average molecular weight is 851 g/mol. The van der Waals surface area contributed by atoms with Crippen LogP contribution in [0.1, 0.15) is 92.4 Å². The zero-order valence-corrected chi connectivity index (χ0v) is 35.1. The number of piperidine rings is 2. The van der Waals surface area contributed by atoms with Crippen LogP contribution in [0.3, 0.4) is 0 Å². The van der Waals surface area contributed by atoms with Crippen LogP contribution >= 0.6 is 11.6 Å². The fourth-order valence-electron chi connectivity index (χ4n) is 7.51. The van der Waals surface area contributed by atoms with Crippen LogP contribution in [0, 0.1) is 0 Å². The van der Waals surface area contributed by atoms with Crippen molar-refractivity contribution in [2.24, 2.45) is 0 Å². The molecule has 59 heavy (non-hydrogen) atoms. The van der Waals surface area contributed by atoms with Crippen LogP contribution < -0.4 is 20.7 Å². The lowest BCUT2D eigenvalue weighted by molar-refractivity contribution is -0.149. The number of unbranched alkanes of at least 4 members (excludes halogenated alkanes) is 4. The maximum Gasteiger partial charge on any atom is 0.266 e. The van der Waals surface area contributed by atoms with Gasteiger partial charge in [-0.1, -0.05) is 49.1 Å². The maximum atomic E-state index is 13.3. The van der Waals surface area contributed by atoms with Gasteiger partial charge in [-0.25, -0.2) is 13.4 Å². The van der Waals surface area contributed by atoms with Gasteiger partial charge < -0.3 is 25.6 Å². The molecule has 18 heteroatoms. The fourth-order valence-corrected chi connectivity index (χ4v) is 8.85. The third-order valence-electron chi connectivity index (χ3n) is 10.8. The van der Waals surface area contributed by atoms with Crippen LogP contribution in [0.2, 0.25) is 5.02 Å². The van der Waals surface area contributed by atoms with Crippen LogP contribution in [0.4, 0.5) is 17.5 Å². The minimum absolute atomic E-state index is 0.00778. The van der Waals surface area contributed by atoms with E-state index in [1.165, 1.54) is 25.4 Å². The van der Waals surface area contributed by atoms with Crippen molar-refractivity contribution in [3.8, 4) is 5.75 Å². The van der Waals surface area contributed by atoms with Crippen molar-refractivity contribution in [1.29, 1.82) is 0 Å². The van der Waals surface area contributed by atoms with E-state index in [1.54, 1.807) is 44.2 Å². The van der Waals surface area contributed by atoms with E-state index in [4.69, 9.17) is 16.3 Å². The van der Waals surface area contributed by atoms with Gasteiger partial charge in [0, 0.05) is 32.6 Å². The van der Waals surface area contributed by atoms with Crippen molar-refractivity contribution in [3.63, 3.8) is 0 Å². The van der Waals surface area contributed by atoms with Crippen molar-refractivity contribution in [2.75, 3.05) is 50.5 Å². The molecule has 16 nitrogen and oxygen atoms in total. The zero-order chi connectivity index (χ0) is 42.3. The molecule has 3 N–H and O–H groups in total. The molecule has 0 spiro atoms. The first kappa shape index (κ1) is 43.4. The number of likely N-dealkylation sites (N-methyl/N-ethyl adjacent to an activating group) is 1. The van der Waals surface area contributed by atoms with Crippen molar-refractivity contribution in [3.05, 3.63) is 64.8 Å². The SMILES string of the molecule is CC(C)S(=O)(=O)c1ccccc1Nc1nc(N[C@@H]2CCCN(CCCCCCCNC(=O)COc3cccc4c3C(=O)N(C3CCC(=O)N(C)C3=O)C4=O)C2)ncc1Cl. The van der Waals surface area contributed by atoms with Gasteiger partial charge in [-0.3, -0.25) is 33.8 Å². The molecular weight excluding hydrogens is 800 g/mol. The van der Waals surface area contributed by atoms with Gasteiger partial charge in [-0.2, -0.15) is 4.98 Å². The molecule has 0 saturated carbocycles. The third-order valence-corrected chi connectivity index (χ3v) is 13.3. The van der Waals surface area contributed by atoms with Gasteiger partial charge in [0.1, 0.15) is 16.8 Å². The Morgan fingerprint density at radius 1 is 0.983 bits per heavy atom. The molecule has 0 radical (unpaired) electrons. The van der Waals surface area contributed by atoms with Crippen molar-refractivity contribution >= 4 is 68.4 Å². The molecule has 0 aliphatic carbocycles. The molecule has 2 aromatic carbocycles. The minimum Gasteiger partial charge on any atom is -0.483 e. The number of halogens is 1. The number of fused-ring (bicyclic) bond motifs is 1. The van der Waals surface area contributed by atoms with Gasteiger partial charge in [0.15, 0.2) is 22.3 Å². The number of benzene rings is 2. The van der Waals surface area contributed by atoms with Gasteiger partial charge in [0.2, 0.25) is 11.9 Å². The molecule has 2 atom stereocenters. The summed E-state index contributed by atoms with van der Waals surface area (Å²) >= 11 is 6.42. The maximum absolute atomic E-state index is 13.3. The molecule has 5 amide bonds. The van der Waals surface area contributed by atoms with E-state index >= 15 is 0 Å². The Morgan fingerprint density at radius 2 is 1.75 bits per heavy atom. The number of rotatable bonds is 18. The second-order valence-electron chi connectivity index (χ2n) is 15.3. The Kier molecular flexibility index (Phi) is 14.2. The number of hydrogen-bond acceptors (Lipinski definition) is 13. The molecule has 1 aromatic heterocycles. The van der Waals surface area contributed by atoms with Crippen molar-refractivity contribution < 1.29 is 37.1 Å². The number of imide groups is 2. The number of ether oxygens (including phenoxy) is 1. The van der Waals surface area contributed by atoms with Gasteiger partial charge in [-0.15, -0.1) is 0 Å². The molecule has 3 aliphatic rings. The summed E-state index contributed by atoms with van der Waals surface area (Å²) in [4.78, 5) is 77.1. The molecule has 0 bridgehead atoms. The third kappa shape index (κ3) is 10.2. The number of sulfone groups is 1. The molecule has 2 saturated heterocycles. The van der Waals surface area contributed by atoms with E-state index in [-0.39, 0.29) is 64.1 Å². The Morgan fingerprint density at radius 3 is 2.54 bits per heavy atom. The Labute approximate surface area is 349 Å².